The number of carboxylic acid groups (broad SMARTS) is 1. The van der Waals surface area contributed by atoms with Gasteiger partial charge in [-0.3, -0.25) is 19.7 Å². The number of carboxylic acids is 1. The fraction of sp³-hybridized carbons (Fsp3) is 0.400. The third-order valence-electron chi connectivity index (χ3n) is 2.69. The second-order valence-electron chi connectivity index (χ2n) is 4.07. The maximum absolute atomic E-state index is 11.8. The SMILES string of the molecule is O=C(O)CC1CN(C(=O)c2ccc([N+](=O)[O-])o2)C1. The molecule has 0 atom stereocenters. The summed E-state index contributed by atoms with van der Waals surface area (Å²) < 4.78 is 4.77. The van der Waals surface area contributed by atoms with Crippen molar-refractivity contribution in [3.05, 3.63) is 28.0 Å². The zero-order valence-corrected chi connectivity index (χ0v) is 9.24. The molecule has 18 heavy (non-hydrogen) atoms. The van der Waals surface area contributed by atoms with Crippen molar-refractivity contribution >= 4 is 17.8 Å². The van der Waals surface area contributed by atoms with Crippen molar-refractivity contribution in [1.29, 1.82) is 0 Å². The third-order valence-corrected chi connectivity index (χ3v) is 2.69. The first kappa shape index (κ1) is 12.1. The molecular weight excluding hydrogens is 244 g/mol. The average molecular weight is 254 g/mol. The Morgan fingerprint density at radius 2 is 2.17 bits per heavy atom. The molecule has 1 aliphatic heterocycles. The van der Waals surface area contributed by atoms with Gasteiger partial charge in [0, 0.05) is 19.0 Å². The van der Waals surface area contributed by atoms with E-state index in [1.54, 1.807) is 0 Å². The summed E-state index contributed by atoms with van der Waals surface area (Å²) in [5, 5.41) is 18.9. The normalized spacial score (nSPS) is 15.2. The fourth-order valence-corrected chi connectivity index (χ4v) is 1.81. The highest BCUT2D eigenvalue weighted by Crippen LogP contribution is 2.23. The van der Waals surface area contributed by atoms with Crippen LogP contribution in [0.1, 0.15) is 17.0 Å². The Hall–Kier alpha value is -2.38. The molecule has 2 heterocycles. The van der Waals surface area contributed by atoms with E-state index in [2.05, 4.69) is 0 Å². The van der Waals surface area contributed by atoms with Gasteiger partial charge in [-0.05, 0) is 6.07 Å². The third kappa shape index (κ3) is 2.31. The number of rotatable bonds is 4. The van der Waals surface area contributed by atoms with Crippen LogP contribution in [-0.2, 0) is 4.79 Å². The van der Waals surface area contributed by atoms with Crippen LogP contribution in [0.25, 0.3) is 0 Å². The van der Waals surface area contributed by atoms with E-state index < -0.39 is 22.7 Å². The van der Waals surface area contributed by atoms with Crippen molar-refractivity contribution in [1.82, 2.24) is 4.90 Å². The van der Waals surface area contributed by atoms with Gasteiger partial charge in [0.2, 0.25) is 0 Å². The van der Waals surface area contributed by atoms with E-state index in [-0.39, 0.29) is 18.1 Å². The predicted octanol–water partition coefficient (Wildman–Crippen LogP) is 0.734. The number of nitrogens with zero attached hydrogens (tertiary/aromatic N) is 2. The number of hydrogen-bond donors (Lipinski definition) is 1. The Kier molecular flexibility index (Phi) is 3.00. The van der Waals surface area contributed by atoms with Gasteiger partial charge in [0.05, 0.1) is 12.5 Å². The Labute approximate surface area is 101 Å². The summed E-state index contributed by atoms with van der Waals surface area (Å²) >= 11 is 0. The van der Waals surface area contributed by atoms with Gasteiger partial charge in [-0.25, -0.2) is 0 Å². The van der Waals surface area contributed by atoms with Crippen molar-refractivity contribution in [2.45, 2.75) is 6.42 Å². The molecule has 0 aromatic carbocycles. The molecule has 1 aromatic heterocycles. The van der Waals surface area contributed by atoms with Gasteiger partial charge in [0.25, 0.3) is 5.91 Å². The molecule has 0 radical (unpaired) electrons. The van der Waals surface area contributed by atoms with Gasteiger partial charge in [0.15, 0.2) is 5.76 Å². The lowest BCUT2D eigenvalue weighted by molar-refractivity contribution is -0.402. The number of carbonyl (C=O) groups excluding carboxylic acids is 1. The number of carbonyl (C=O) groups is 2. The van der Waals surface area contributed by atoms with E-state index in [1.165, 1.54) is 11.0 Å². The van der Waals surface area contributed by atoms with Crippen LogP contribution in [0.2, 0.25) is 0 Å². The van der Waals surface area contributed by atoms with E-state index >= 15 is 0 Å². The monoisotopic (exact) mass is 254 g/mol. The Bertz CT molecular complexity index is 502. The van der Waals surface area contributed by atoms with E-state index in [1.807, 2.05) is 0 Å². The summed E-state index contributed by atoms with van der Waals surface area (Å²) in [6, 6.07) is 2.35. The molecule has 0 aliphatic carbocycles. The summed E-state index contributed by atoms with van der Waals surface area (Å²) in [6.07, 6.45) is 0.0160. The van der Waals surface area contributed by atoms with Crippen LogP contribution in [0.15, 0.2) is 16.5 Å². The molecule has 1 N–H and O–H groups in total. The first-order chi connectivity index (χ1) is 8.47. The van der Waals surface area contributed by atoms with Crippen LogP contribution in [0.5, 0.6) is 0 Å². The molecule has 1 amide bonds. The maximum Gasteiger partial charge on any atom is 0.433 e. The lowest BCUT2D eigenvalue weighted by atomic mass is 9.96. The summed E-state index contributed by atoms with van der Waals surface area (Å²) in [6.45, 7) is 0.666. The molecule has 1 aliphatic rings. The Morgan fingerprint density at radius 3 is 2.67 bits per heavy atom. The number of hydrogen-bond acceptors (Lipinski definition) is 5. The molecule has 2 rings (SSSR count). The molecule has 0 bridgehead atoms. The van der Waals surface area contributed by atoms with E-state index in [0.717, 1.165) is 6.07 Å². The highest BCUT2D eigenvalue weighted by Gasteiger charge is 2.34. The summed E-state index contributed by atoms with van der Waals surface area (Å²) in [5.74, 6) is -2.00. The van der Waals surface area contributed by atoms with Crippen molar-refractivity contribution in [2.75, 3.05) is 13.1 Å². The summed E-state index contributed by atoms with van der Waals surface area (Å²) in [7, 11) is 0. The van der Waals surface area contributed by atoms with Gasteiger partial charge in [-0.1, -0.05) is 0 Å². The van der Waals surface area contributed by atoms with Gasteiger partial charge in [0.1, 0.15) is 4.92 Å². The highest BCUT2D eigenvalue weighted by molar-refractivity contribution is 5.92. The van der Waals surface area contributed by atoms with Crippen LogP contribution in [-0.4, -0.2) is 39.9 Å². The van der Waals surface area contributed by atoms with Gasteiger partial charge in [-0.2, -0.15) is 0 Å². The molecule has 8 heteroatoms. The quantitative estimate of drug-likeness (QED) is 0.625. The number of amides is 1. The lowest BCUT2D eigenvalue weighted by Crippen LogP contribution is -2.50. The molecule has 0 saturated carbocycles. The first-order valence-corrected chi connectivity index (χ1v) is 5.22. The number of nitro groups is 1. The fourth-order valence-electron chi connectivity index (χ4n) is 1.81. The second kappa shape index (κ2) is 4.47. The van der Waals surface area contributed by atoms with Crippen LogP contribution in [0, 0.1) is 16.0 Å². The minimum absolute atomic E-state index is 0.0160. The molecule has 8 nitrogen and oxygen atoms in total. The topological polar surface area (TPSA) is 114 Å². The van der Waals surface area contributed by atoms with E-state index in [4.69, 9.17) is 9.52 Å². The zero-order valence-electron chi connectivity index (χ0n) is 9.24. The van der Waals surface area contributed by atoms with Crippen LogP contribution >= 0.6 is 0 Å². The van der Waals surface area contributed by atoms with Crippen LogP contribution in [0.4, 0.5) is 5.88 Å². The largest absolute Gasteiger partial charge is 0.481 e. The zero-order chi connectivity index (χ0) is 13.3. The molecule has 1 saturated heterocycles. The van der Waals surface area contributed by atoms with Crippen LogP contribution < -0.4 is 0 Å². The number of furan rings is 1. The molecule has 96 valence electrons. The van der Waals surface area contributed by atoms with Crippen molar-refractivity contribution in [2.24, 2.45) is 5.92 Å². The minimum atomic E-state index is -0.902. The first-order valence-electron chi connectivity index (χ1n) is 5.22. The summed E-state index contributed by atoms with van der Waals surface area (Å²) in [4.78, 5) is 33.2. The van der Waals surface area contributed by atoms with E-state index in [9.17, 15) is 19.7 Å². The molecule has 1 fully saturated rings. The van der Waals surface area contributed by atoms with Crippen LogP contribution in [0.3, 0.4) is 0 Å². The second-order valence-corrected chi connectivity index (χ2v) is 4.07. The predicted molar refractivity (Wildman–Crippen MR) is 57.0 cm³/mol. The maximum atomic E-state index is 11.8. The number of aliphatic carboxylic acids is 1. The van der Waals surface area contributed by atoms with Gasteiger partial charge < -0.3 is 14.4 Å². The summed E-state index contributed by atoms with van der Waals surface area (Å²) in [5.41, 5.74) is 0. The van der Waals surface area contributed by atoms with Crippen molar-refractivity contribution in [3.63, 3.8) is 0 Å². The molecule has 0 spiro atoms. The molecule has 1 aromatic rings. The average Bonchev–Trinajstić information content (AvgIpc) is 2.70. The van der Waals surface area contributed by atoms with E-state index in [0.29, 0.717) is 13.1 Å². The smallest absolute Gasteiger partial charge is 0.433 e. The van der Waals surface area contributed by atoms with Crippen molar-refractivity contribution < 1.29 is 24.0 Å². The highest BCUT2D eigenvalue weighted by atomic mass is 16.6. The molecule has 0 unspecified atom stereocenters. The molecular formula is C10H10N2O6. The van der Waals surface area contributed by atoms with Gasteiger partial charge in [-0.15, -0.1) is 0 Å². The lowest BCUT2D eigenvalue weighted by Gasteiger charge is -2.37. The number of likely N-dealkylation sites (tertiary alicyclic amines) is 1. The Balaban J connectivity index is 1.93. The van der Waals surface area contributed by atoms with Gasteiger partial charge >= 0.3 is 11.9 Å². The van der Waals surface area contributed by atoms with Crippen molar-refractivity contribution in [3.8, 4) is 0 Å². The minimum Gasteiger partial charge on any atom is -0.481 e. The standard InChI is InChI=1S/C10H10N2O6/c13-9(14)3-6-4-11(5-6)10(15)7-1-2-8(18-7)12(16)17/h1-2,6H,3-5H2,(H,13,14). The Morgan fingerprint density at radius 1 is 1.50 bits per heavy atom.